The Morgan fingerprint density at radius 1 is 0.815 bits per heavy atom. The van der Waals surface area contributed by atoms with Crippen molar-refractivity contribution in [2.75, 3.05) is 20.0 Å². The lowest BCUT2D eigenvalue weighted by atomic mass is 10.1. The molecule has 140 valence electrons. The van der Waals surface area contributed by atoms with Gasteiger partial charge in [0.25, 0.3) is 0 Å². The predicted molar refractivity (Wildman–Crippen MR) is 113 cm³/mol. The first-order valence-corrected chi connectivity index (χ1v) is 9.96. The molecule has 3 aromatic rings. The maximum atomic E-state index is 5.42. The number of rotatable bonds is 9. The van der Waals surface area contributed by atoms with Crippen LogP contribution >= 0.6 is 11.8 Å². The predicted octanol–water partition coefficient (Wildman–Crippen LogP) is 5.33. The second-order valence-corrected chi connectivity index (χ2v) is 7.25. The second-order valence-electron chi connectivity index (χ2n) is 6.16. The Kier molecular flexibility index (Phi) is 7.19. The fraction of sp³-hybridized carbons (Fsp3) is 0.217. The van der Waals surface area contributed by atoms with Crippen LogP contribution in [0, 0.1) is 0 Å². The van der Waals surface area contributed by atoms with E-state index in [4.69, 9.17) is 9.47 Å². The average Bonchev–Trinajstić information content (AvgIpc) is 2.75. The topological polar surface area (TPSA) is 30.5 Å². The normalized spacial score (nSPS) is 11.8. The van der Waals surface area contributed by atoms with E-state index in [1.54, 1.807) is 14.2 Å². The minimum absolute atomic E-state index is 0.254. The van der Waals surface area contributed by atoms with Crippen molar-refractivity contribution in [2.24, 2.45) is 0 Å². The third-order valence-electron chi connectivity index (χ3n) is 4.36. The summed E-state index contributed by atoms with van der Waals surface area (Å²) in [5.41, 5.74) is 2.46. The molecule has 0 saturated carbocycles. The van der Waals surface area contributed by atoms with E-state index in [-0.39, 0.29) is 6.04 Å². The molecule has 0 heterocycles. The van der Waals surface area contributed by atoms with E-state index in [2.05, 4.69) is 66.0 Å². The lowest BCUT2D eigenvalue weighted by Crippen LogP contribution is -2.23. The molecule has 1 unspecified atom stereocenters. The van der Waals surface area contributed by atoms with Gasteiger partial charge in [-0.05, 0) is 35.4 Å². The molecule has 0 saturated heterocycles. The Balaban J connectivity index is 1.70. The van der Waals surface area contributed by atoms with Gasteiger partial charge in [-0.1, -0.05) is 54.6 Å². The maximum Gasteiger partial charge on any atom is 0.161 e. The van der Waals surface area contributed by atoms with Crippen LogP contribution in [0.4, 0.5) is 0 Å². The number of hydrogen-bond donors (Lipinski definition) is 1. The highest BCUT2D eigenvalue weighted by Gasteiger charge is 2.12. The summed E-state index contributed by atoms with van der Waals surface area (Å²) in [4.78, 5) is 1.28. The van der Waals surface area contributed by atoms with Crippen LogP contribution in [0.2, 0.25) is 0 Å². The van der Waals surface area contributed by atoms with Gasteiger partial charge in [0.05, 0.1) is 14.2 Å². The molecule has 4 heteroatoms. The first-order valence-electron chi connectivity index (χ1n) is 8.97. The number of methoxy groups -OCH3 is 2. The zero-order valence-electron chi connectivity index (χ0n) is 15.7. The number of thioether (sulfide) groups is 1. The van der Waals surface area contributed by atoms with Crippen molar-refractivity contribution in [3.63, 3.8) is 0 Å². The highest BCUT2D eigenvalue weighted by atomic mass is 32.2. The number of hydrogen-bond acceptors (Lipinski definition) is 4. The van der Waals surface area contributed by atoms with Gasteiger partial charge in [0, 0.05) is 23.2 Å². The second kappa shape index (κ2) is 10.0. The van der Waals surface area contributed by atoms with Crippen LogP contribution in [0.25, 0.3) is 0 Å². The van der Waals surface area contributed by atoms with Crippen LogP contribution < -0.4 is 14.8 Å². The van der Waals surface area contributed by atoms with Crippen LogP contribution in [0.15, 0.2) is 83.8 Å². The average molecular weight is 380 g/mol. The molecule has 0 aliphatic carbocycles. The van der Waals surface area contributed by atoms with Gasteiger partial charge in [0.15, 0.2) is 11.5 Å². The summed E-state index contributed by atoms with van der Waals surface area (Å²) in [5, 5.41) is 3.69. The van der Waals surface area contributed by atoms with Crippen LogP contribution in [-0.2, 0) is 6.54 Å². The summed E-state index contributed by atoms with van der Waals surface area (Å²) in [5.74, 6) is 2.47. The molecule has 27 heavy (non-hydrogen) atoms. The van der Waals surface area contributed by atoms with Gasteiger partial charge >= 0.3 is 0 Å². The number of nitrogens with one attached hydrogen (secondary N) is 1. The zero-order chi connectivity index (χ0) is 18.9. The van der Waals surface area contributed by atoms with Crippen LogP contribution in [0.5, 0.6) is 11.5 Å². The van der Waals surface area contributed by atoms with Crippen molar-refractivity contribution in [1.82, 2.24) is 5.32 Å². The molecular weight excluding hydrogens is 354 g/mol. The number of benzene rings is 3. The lowest BCUT2D eigenvalue weighted by molar-refractivity contribution is 0.354. The maximum absolute atomic E-state index is 5.42. The summed E-state index contributed by atoms with van der Waals surface area (Å²) >= 11 is 1.87. The standard InChI is InChI=1S/C23H25NO2S/c1-25-22-14-13-18(15-23(22)26-2)16-24-21(19-9-5-3-6-10-19)17-27-20-11-7-4-8-12-20/h3-15,21,24H,16-17H2,1-2H3. The first-order chi connectivity index (χ1) is 13.3. The van der Waals surface area contributed by atoms with Crippen molar-refractivity contribution in [2.45, 2.75) is 17.5 Å². The van der Waals surface area contributed by atoms with Crippen molar-refractivity contribution in [3.8, 4) is 11.5 Å². The molecule has 3 aromatic carbocycles. The largest absolute Gasteiger partial charge is 0.493 e. The fourth-order valence-electron chi connectivity index (χ4n) is 2.89. The van der Waals surface area contributed by atoms with E-state index < -0.39 is 0 Å². The molecule has 0 bridgehead atoms. The molecule has 0 aromatic heterocycles. The fourth-order valence-corrected chi connectivity index (χ4v) is 3.91. The van der Waals surface area contributed by atoms with E-state index >= 15 is 0 Å². The Morgan fingerprint density at radius 3 is 2.15 bits per heavy atom. The molecule has 1 atom stereocenters. The van der Waals surface area contributed by atoms with Gasteiger partial charge in [-0.2, -0.15) is 0 Å². The summed E-state index contributed by atoms with van der Waals surface area (Å²) in [6, 6.07) is 27.4. The molecule has 0 aliphatic heterocycles. The summed E-state index contributed by atoms with van der Waals surface area (Å²) < 4.78 is 10.7. The van der Waals surface area contributed by atoms with Crippen molar-refractivity contribution < 1.29 is 9.47 Å². The van der Waals surface area contributed by atoms with Gasteiger partial charge in [-0.3, -0.25) is 0 Å². The molecular formula is C23H25NO2S. The van der Waals surface area contributed by atoms with Gasteiger partial charge in [-0.25, -0.2) is 0 Å². The Hall–Kier alpha value is -2.43. The lowest BCUT2D eigenvalue weighted by Gasteiger charge is -2.20. The number of ether oxygens (including phenoxy) is 2. The molecule has 0 amide bonds. The van der Waals surface area contributed by atoms with E-state index in [9.17, 15) is 0 Å². The summed E-state index contributed by atoms with van der Waals surface area (Å²) in [6.45, 7) is 0.759. The Labute approximate surface area is 165 Å². The highest BCUT2D eigenvalue weighted by Crippen LogP contribution is 2.29. The Morgan fingerprint density at radius 2 is 1.48 bits per heavy atom. The SMILES string of the molecule is COc1ccc(CNC(CSc2ccccc2)c2ccccc2)cc1OC. The highest BCUT2D eigenvalue weighted by molar-refractivity contribution is 7.99. The first kappa shape index (κ1) is 19.3. The third-order valence-corrected chi connectivity index (χ3v) is 5.47. The smallest absolute Gasteiger partial charge is 0.161 e. The van der Waals surface area contributed by atoms with Crippen LogP contribution in [0.1, 0.15) is 17.2 Å². The molecule has 0 aliphatic rings. The zero-order valence-corrected chi connectivity index (χ0v) is 16.5. The summed E-state index contributed by atoms with van der Waals surface area (Å²) in [6.07, 6.45) is 0. The van der Waals surface area contributed by atoms with Crippen molar-refractivity contribution in [1.29, 1.82) is 0 Å². The quantitative estimate of drug-likeness (QED) is 0.509. The van der Waals surface area contributed by atoms with Crippen molar-refractivity contribution >= 4 is 11.8 Å². The molecule has 3 nitrogen and oxygen atoms in total. The van der Waals surface area contributed by atoms with E-state index in [0.29, 0.717) is 0 Å². The molecule has 3 rings (SSSR count). The van der Waals surface area contributed by atoms with Gasteiger partial charge in [-0.15, -0.1) is 11.8 Å². The molecule has 0 spiro atoms. The van der Waals surface area contributed by atoms with Crippen molar-refractivity contribution in [3.05, 3.63) is 90.0 Å². The van der Waals surface area contributed by atoms with E-state index in [0.717, 1.165) is 23.8 Å². The van der Waals surface area contributed by atoms with Gasteiger partial charge in [0.2, 0.25) is 0 Å². The summed E-state index contributed by atoms with van der Waals surface area (Å²) in [7, 11) is 3.32. The minimum Gasteiger partial charge on any atom is -0.493 e. The molecule has 0 radical (unpaired) electrons. The van der Waals surface area contributed by atoms with Gasteiger partial charge in [0.1, 0.15) is 0 Å². The van der Waals surface area contributed by atoms with Gasteiger partial charge < -0.3 is 14.8 Å². The monoisotopic (exact) mass is 379 g/mol. The van der Waals surface area contributed by atoms with E-state index in [1.807, 2.05) is 30.0 Å². The van der Waals surface area contributed by atoms with E-state index in [1.165, 1.54) is 16.0 Å². The Bertz CT molecular complexity index is 824. The molecule has 0 fully saturated rings. The van der Waals surface area contributed by atoms with Crippen LogP contribution in [-0.4, -0.2) is 20.0 Å². The molecule has 1 N–H and O–H groups in total. The van der Waals surface area contributed by atoms with Crippen LogP contribution in [0.3, 0.4) is 0 Å². The minimum atomic E-state index is 0.254. The third kappa shape index (κ3) is 5.52.